The highest BCUT2D eigenvalue weighted by molar-refractivity contribution is 5.95. The summed E-state index contributed by atoms with van der Waals surface area (Å²) in [7, 11) is 0. The van der Waals surface area contributed by atoms with Crippen LogP contribution in [0.5, 0.6) is 0 Å². The van der Waals surface area contributed by atoms with Crippen LogP contribution < -0.4 is 11.1 Å². The molecule has 19 heavy (non-hydrogen) atoms. The van der Waals surface area contributed by atoms with E-state index in [4.69, 9.17) is 10.4 Å². The molecule has 0 aliphatic rings. The topological polar surface area (TPSA) is 89.9 Å². The largest absolute Gasteiger partial charge is 0.397 e. The van der Waals surface area contributed by atoms with E-state index >= 15 is 0 Å². The number of nitrogen functional groups attached to an aromatic ring is 1. The lowest BCUT2D eigenvalue weighted by Crippen LogP contribution is -2.07. The minimum atomic E-state index is 0.117. The third kappa shape index (κ3) is 2.08. The lowest BCUT2D eigenvalue weighted by molar-refractivity contribution is 0.315. The smallest absolute Gasteiger partial charge is 0.160 e. The number of hydrogen-bond acceptors (Lipinski definition) is 6. The van der Waals surface area contributed by atoms with E-state index in [1.807, 2.05) is 18.2 Å². The van der Waals surface area contributed by atoms with Gasteiger partial charge in [-0.25, -0.2) is 4.63 Å². The minimum Gasteiger partial charge on any atom is -0.397 e. The van der Waals surface area contributed by atoms with Gasteiger partial charge in [-0.05, 0) is 47.1 Å². The maximum Gasteiger partial charge on any atom is 0.160 e. The van der Waals surface area contributed by atoms with Crippen LogP contribution in [0.1, 0.15) is 18.5 Å². The normalized spacial score (nSPS) is 12.5. The predicted molar refractivity (Wildman–Crippen MR) is 72.5 cm³/mol. The van der Waals surface area contributed by atoms with Gasteiger partial charge in [0.25, 0.3) is 0 Å². The van der Waals surface area contributed by atoms with Gasteiger partial charge in [0.15, 0.2) is 11.0 Å². The van der Waals surface area contributed by atoms with Gasteiger partial charge in [-0.3, -0.25) is 4.98 Å². The lowest BCUT2D eigenvalue weighted by Gasteiger charge is -2.15. The second kappa shape index (κ2) is 4.56. The van der Waals surface area contributed by atoms with Crippen molar-refractivity contribution in [3.05, 3.63) is 42.2 Å². The Hall–Kier alpha value is -2.63. The molecular formula is C13H13N5O. The first-order chi connectivity index (χ1) is 9.25. The second-order valence-corrected chi connectivity index (χ2v) is 4.31. The fourth-order valence-electron chi connectivity index (χ4n) is 1.97. The molecule has 3 N–H and O–H groups in total. The zero-order chi connectivity index (χ0) is 13.2. The van der Waals surface area contributed by atoms with Crippen molar-refractivity contribution in [3.8, 4) is 0 Å². The van der Waals surface area contributed by atoms with Crippen LogP contribution in [0.15, 0.2) is 41.3 Å². The number of anilines is 2. The fourth-order valence-corrected chi connectivity index (χ4v) is 1.97. The van der Waals surface area contributed by atoms with Gasteiger partial charge in [0, 0.05) is 18.4 Å². The summed E-state index contributed by atoms with van der Waals surface area (Å²) in [6.45, 7) is 2.06. The molecular weight excluding hydrogens is 242 g/mol. The molecule has 6 heteroatoms. The van der Waals surface area contributed by atoms with Gasteiger partial charge < -0.3 is 11.1 Å². The van der Waals surface area contributed by atoms with Gasteiger partial charge in [0.05, 0.1) is 11.4 Å². The molecule has 3 aromatic rings. The first-order valence-electron chi connectivity index (χ1n) is 5.93. The summed E-state index contributed by atoms with van der Waals surface area (Å²) in [6, 6.07) is 7.71. The van der Waals surface area contributed by atoms with Crippen molar-refractivity contribution in [2.75, 3.05) is 11.1 Å². The van der Waals surface area contributed by atoms with Crippen LogP contribution in [0.4, 0.5) is 11.4 Å². The first-order valence-corrected chi connectivity index (χ1v) is 5.93. The van der Waals surface area contributed by atoms with Crippen LogP contribution in [-0.2, 0) is 0 Å². The molecule has 0 saturated heterocycles. The van der Waals surface area contributed by atoms with Crippen LogP contribution in [-0.4, -0.2) is 15.3 Å². The van der Waals surface area contributed by atoms with Gasteiger partial charge in [0.2, 0.25) is 0 Å². The summed E-state index contributed by atoms with van der Waals surface area (Å²) < 4.78 is 4.74. The van der Waals surface area contributed by atoms with Crippen molar-refractivity contribution < 1.29 is 4.63 Å². The average Bonchev–Trinajstić information content (AvgIpc) is 2.93. The number of nitrogens with two attached hydrogens (primary N) is 1. The molecule has 0 spiro atoms. The van der Waals surface area contributed by atoms with Crippen molar-refractivity contribution in [2.45, 2.75) is 13.0 Å². The number of nitrogens with one attached hydrogen (secondary N) is 1. The molecule has 0 amide bonds. The summed E-state index contributed by atoms with van der Waals surface area (Å²) in [6.07, 6.45) is 3.54. The third-order valence-electron chi connectivity index (χ3n) is 3.02. The van der Waals surface area contributed by atoms with Gasteiger partial charge >= 0.3 is 0 Å². The van der Waals surface area contributed by atoms with Crippen molar-refractivity contribution in [1.82, 2.24) is 15.3 Å². The fraction of sp³-hybridized carbons (Fsp3) is 0.154. The molecule has 3 rings (SSSR count). The minimum absolute atomic E-state index is 0.117. The number of rotatable bonds is 3. The van der Waals surface area contributed by atoms with Gasteiger partial charge in [0.1, 0.15) is 0 Å². The standard InChI is InChI=1S/C13H13N5O/c1-8(9-4-6-15-7-5-9)16-11-3-2-10(14)12-13(11)18-19-17-12/h2-8,16H,14H2,1H3. The number of benzene rings is 1. The Kier molecular flexibility index (Phi) is 2.75. The summed E-state index contributed by atoms with van der Waals surface area (Å²) in [5.41, 5.74) is 9.56. The zero-order valence-electron chi connectivity index (χ0n) is 10.4. The molecule has 0 aliphatic heterocycles. The number of aromatic nitrogens is 3. The van der Waals surface area contributed by atoms with Gasteiger partial charge in [-0.1, -0.05) is 0 Å². The average molecular weight is 255 g/mol. The summed E-state index contributed by atoms with van der Waals surface area (Å²) in [4.78, 5) is 4.01. The highest BCUT2D eigenvalue weighted by Crippen LogP contribution is 2.28. The Morgan fingerprint density at radius 1 is 1.11 bits per heavy atom. The number of fused-ring (bicyclic) bond motifs is 1. The van der Waals surface area contributed by atoms with E-state index in [1.165, 1.54) is 0 Å². The Labute approximate surface area is 109 Å². The van der Waals surface area contributed by atoms with E-state index in [0.717, 1.165) is 11.3 Å². The molecule has 0 bridgehead atoms. The molecule has 6 nitrogen and oxygen atoms in total. The summed E-state index contributed by atoms with van der Waals surface area (Å²) >= 11 is 0. The van der Waals surface area contributed by atoms with Crippen LogP contribution in [0, 0.1) is 0 Å². The predicted octanol–water partition coefficient (Wildman–Crippen LogP) is 2.37. The quantitative estimate of drug-likeness (QED) is 0.698. The number of pyridine rings is 1. The maximum atomic E-state index is 5.81. The molecule has 0 saturated carbocycles. The van der Waals surface area contributed by atoms with E-state index in [-0.39, 0.29) is 6.04 Å². The first kappa shape index (κ1) is 11.5. The van der Waals surface area contributed by atoms with Crippen molar-refractivity contribution in [3.63, 3.8) is 0 Å². The molecule has 2 heterocycles. The van der Waals surface area contributed by atoms with Gasteiger partial charge in [-0.2, -0.15) is 0 Å². The van der Waals surface area contributed by atoms with Crippen LogP contribution >= 0.6 is 0 Å². The molecule has 0 aliphatic carbocycles. The van der Waals surface area contributed by atoms with Crippen molar-refractivity contribution in [2.24, 2.45) is 0 Å². The van der Waals surface area contributed by atoms with Crippen LogP contribution in [0.25, 0.3) is 11.0 Å². The molecule has 2 aromatic heterocycles. The lowest BCUT2D eigenvalue weighted by atomic mass is 10.1. The molecule has 1 aromatic carbocycles. The van der Waals surface area contributed by atoms with E-state index in [9.17, 15) is 0 Å². The monoisotopic (exact) mass is 255 g/mol. The Morgan fingerprint density at radius 2 is 1.84 bits per heavy atom. The highest BCUT2D eigenvalue weighted by atomic mass is 16.6. The zero-order valence-corrected chi connectivity index (χ0v) is 10.4. The number of nitrogens with zero attached hydrogens (tertiary/aromatic N) is 3. The van der Waals surface area contributed by atoms with Gasteiger partial charge in [-0.15, -0.1) is 0 Å². The Morgan fingerprint density at radius 3 is 2.63 bits per heavy atom. The number of hydrogen-bond donors (Lipinski definition) is 2. The molecule has 0 fully saturated rings. The summed E-state index contributed by atoms with van der Waals surface area (Å²) in [5.74, 6) is 0. The maximum absolute atomic E-state index is 5.81. The molecule has 1 unspecified atom stereocenters. The van der Waals surface area contributed by atoms with E-state index in [1.54, 1.807) is 18.5 Å². The summed E-state index contributed by atoms with van der Waals surface area (Å²) in [5, 5.41) is 11.1. The Bertz CT molecular complexity index is 695. The van der Waals surface area contributed by atoms with E-state index < -0.39 is 0 Å². The van der Waals surface area contributed by atoms with Crippen LogP contribution in [0.3, 0.4) is 0 Å². The molecule has 1 atom stereocenters. The van der Waals surface area contributed by atoms with E-state index in [2.05, 4.69) is 27.5 Å². The van der Waals surface area contributed by atoms with Crippen LogP contribution in [0.2, 0.25) is 0 Å². The highest BCUT2D eigenvalue weighted by Gasteiger charge is 2.12. The molecule has 96 valence electrons. The SMILES string of the molecule is CC(Nc1ccc(N)c2nonc12)c1ccncc1. The third-order valence-corrected chi connectivity index (χ3v) is 3.02. The second-order valence-electron chi connectivity index (χ2n) is 4.31. The van der Waals surface area contributed by atoms with Crippen molar-refractivity contribution in [1.29, 1.82) is 0 Å². The molecule has 0 radical (unpaired) electrons. The van der Waals surface area contributed by atoms with E-state index in [0.29, 0.717) is 16.7 Å². The van der Waals surface area contributed by atoms with Crippen molar-refractivity contribution >= 4 is 22.4 Å². The Balaban J connectivity index is 1.94.